The number of hydrogen-bond acceptors (Lipinski definition) is 5. The number of amidine groups is 1. The van der Waals surface area contributed by atoms with E-state index in [1.54, 1.807) is 48.2 Å². The summed E-state index contributed by atoms with van der Waals surface area (Å²) in [7, 11) is 0. The lowest BCUT2D eigenvalue weighted by Gasteiger charge is -2.33. The van der Waals surface area contributed by atoms with Crippen molar-refractivity contribution in [3.8, 4) is 5.75 Å². The zero-order valence-corrected chi connectivity index (χ0v) is 15.4. The summed E-state index contributed by atoms with van der Waals surface area (Å²) in [6, 6.07) is 15.1. The molecule has 2 aliphatic heterocycles. The molecule has 27 heavy (non-hydrogen) atoms. The van der Waals surface area contributed by atoms with Crippen LogP contribution in [0.5, 0.6) is 5.75 Å². The Morgan fingerprint density at radius 2 is 1.89 bits per heavy atom. The minimum Gasteiger partial charge on any atom is -0.508 e. The Labute approximate surface area is 160 Å². The minimum absolute atomic E-state index is 0.0886. The summed E-state index contributed by atoms with van der Waals surface area (Å²) in [4.78, 5) is 31.7. The van der Waals surface area contributed by atoms with Crippen LogP contribution in [0.4, 0.5) is 5.69 Å². The van der Waals surface area contributed by atoms with Gasteiger partial charge in [0.1, 0.15) is 5.75 Å². The third-order valence-electron chi connectivity index (χ3n) is 4.47. The first kappa shape index (κ1) is 17.4. The minimum atomic E-state index is -0.579. The number of carbonyl (C=O) groups is 2. The number of fused-ring (bicyclic) bond motifs is 1. The van der Waals surface area contributed by atoms with Gasteiger partial charge in [0, 0.05) is 5.69 Å². The lowest BCUT2D eigenvalue weighted by Crippen LogP contribution is -2.40. The third-order valence-corrected chi connectivity index (χ3v) is 5.41. The quantitative estimate of drug-likeness (QED) is 0.857. The van der Waals surface area contributed by atoms with Crippen LogP contribution in [0.15, 0.2) is 70.9 Å². The molecular formula is C20H17N3O3S. The number of phenolic OH excluding ortho intramolecular Hbond substituents is 1. The molecule has 0 spiro atoms. The number of anilines is 1. The maximum atomic E-state index is 13.1. The number of phenols is 1. The molecule has 2 aromatic carbocycles. The summed E-state index contributed by atoms with van der Waals surface area (Å²) in [5.41, 5.74) is 2.41. The Hall–Kier alpha value is -3.06. The van der Waals surface area contributed by atoms with Gasteiger partial charge in [0.2, 0.25) is 5.91 Å². The van der Waals surface area contributed by atoms with Gasteiger partial charge in [-0.1, -0.05) is 42.1 Å². The smallest absolute Gasteiger partial charge is 0.255 e. The first-order chi connectivity index (χ1) is 13.0. The van der Waals surface area contributed by atoms with Crippen molar-refractivity contribution in [3.05, 3.63) is 71.4 Å². The van der Waals surface area contributed by atoms with Gasteiger partial charge in [-0.15, -0.1) is 0 Å². The van der Waals surface area contributed by atoms with Gasteiger partial charge in [0.25, 0.3) is 5.91 Å². The van der Waals surface area contributed by atoms with Crippen molar-refractivity contribution >= 4 is 34.4 Å². The molecule has 1 atom stereocenters. The summed E-state index contributed by atoms with van der Waals surface area (Å²) in [6.45, 7) is 1.78. The van der Waals surface area contributed by atoms with E-state index < -0.39 is 6.04 Å². The molecule has 2 amide bonds. The van der Waals surface area contributed by atoms with Gasteiger partial charge >= 0.3 is 0 Å². The lowest BCUT2D eigenvalue weighted by atomic mass is 9.93. The number of para-hydroxylation sites is 1. The molecule has 2 aromatic rings. The SMILES string of the molecule is CC1=C(C(=O)Nc2ccccc2)[C@H](c2ccc(O)cc2)N2C(=O)CSC2=N1. The van der Waals surface area contributed by atoms with E-state index in [2.05, 4.69) is 10.3 Å². The average molecular weight is 379 g/mol. The summed E-state index contributed by atoms with van der Waals surface area (Å²) in [6.07, 6.45) is 0. The number of thioether (sulfide) groups is 1. The van der Waals surface area contributed by atoms with E-state index in [4.69, 9.17) is 0 Å². The fraction of sp³-hybridized carbons (Fsp3) is 0.150. The third kappa shape index (κ3) is 3.21. The Balaban J connectivity index is 1.78. The number of aromatic hydroxyl groups is 1. The predicted molar refractivity (Wildman–Crippen MR) is 105 cm³/mol. The second-order valence-electron chi connectivity index (χ2n) is 6.26. The number of nitrogens with one attached hydrogen (secondary N) is 1. The second-order valence-corrected chi connectivity index (χ2v) is 7.20. The van der Waals surface area contributed by atoms with Crippen LogP contribution in [0.3, 0.4) is 0 Å². The second kappa shape index (κ2) is 6.92. The van der Waals surface area contributed by atoms with E-state index in [1.165, 1.54) is 11.8 Å². The van der Waals surface area contributed by atoms with Crippen molar-refractivity contribution in [3.63, 3.8) is 0 Å². The molecule has 6 nitrogen and oxygen atoms in total. The fourth-order valence-corrected chi connectivity index (χ4v) is 4.16. The number of benzene rings is 2. The first-order valence-corrected chi connectivity index (χ1v) is 9.43. The van der Waals surface area contributed by atoms with Crippen LogP contribution < -0.4 is 5.32 Å². The number of hydrogen-bond donors (Lipinski definition) is 2. The number of allylic oxidation sites excluding steroid dienone is 1. The van der Waals surface area contributed by atoms with Gasteiger partial charge in [-0.3, -0.25) is 14.5 Å². The largest absolute Gasteiger partial charge is 0.508 e. The van der Waals surface area contributed by atoms with Gasteiger partial charge in [0.15, 0.2) is 5.17 Å². The molecule has 0 unspecified atom stereocenters. The lowest BCUT2D eigenvalue weighted by molar-refractivity contribution is -0.125. The highest BCUT2D eigenvalue weighted by Crippen LogP contribution is 2.41. The number of rotatable bonds is 3. The van der Waals surface area contributed by atoms with Crippen LogP contribution in [-0.2, 0) is 9.59 Å². The van der Waals surface area contributed by atoms with Crippen LogP contribution >= 0.6 is 11.8 Å². The van der Waals surface area contributed by atoms with E-state index in [-0.39, 0.29) is 17.6 Å². The molecule has 0 radical (unpaired) electrons. The molecule has 1 fully saturated rings. The zero-order valence-electron chi connectivity index (χ0n) is 14.5. The highest BCUT2D eigenvalue weighted by Gasteiger charge is 2.42. The summed E-state index contributed by atoms with van der Waals surface area (Å²) >= 11 is 1.37. The Kier molecular flexibility index (Phi) is 4.45. The number of nitrogens with zero attached hydrogens (tertiary/aromatic N) is 2. The summed E-state index contributed by atoms with van der Waals surface area (Å²) in [5, 5.41) is 13.1. The van der Waals surface area contributed by atoms with Gasteiger partial charge in [-0.05, 0) is 36.8 Å². The Bertz CT molecular complexity index is 968. The van der Waals surface area contributed by atoms with Gasteiger partial charge in [-0.25, -0.2) is 4.99 Å². The van der Waals surface area contributed by atoms with Gasteiger partial charge in [-0.2, -0.15) is 0 Å². The van der Waals surface area contributed by atoms with E-state index in [0.717, 1.165) is 5.56 Å². The average Bonchev–Trinajstić information content (AvgIpc) is 3.02. The Morgan fingerprint density at radius 3 is 2.59 bits per heavy atom. The van der Waals surface area contributed by atoms with E-state index in [1.807, 2.05) is 18.2 Å². The van der Waals surface area contributed by atoms with Crippen molar-refractivity contribution in [1.29, 1.82) is 0 Å². The standard InChI is InChI=1S/C20H17N3O3S/c1-12-17(19(26)22-14-5-3-2-4-6-14)18(13-7-9-15(24)10-8-13)23-16(25)11-27-20(23)21-12/h2-10,18,24H,11H2,1H3,(H,22,26)/t18-/m0/s1. The monoisotopic (exact) mass is 379 g/mol. The van der Waals surface area contributed by atoms with Crippen molar-refractivity contribution in [2.75, 3.05) is 11.1 Å². The molecule has 2 heterocycles. The zero-order chi connectivity index (χ0) is 19.0. The van der Waals surface area contributed by atoms with Crippen molar-refractivity contribution < 1.29 is 14.7 Å². The molecule has 0 saturated carbocycles. The van der Waals surface area contributed by atoms with Crippen LogP contribution in [0.2, 0.25) is 0 Å². The molecule has 1 saturated heterocycles. The van der Waals surface area contributed by atoms with E-state index >= 15 is 0 Å². The predicted octanol–water partition coefficient (Wildman–Crippen LogP) is 3.29. The molecular weight excluding hydrogens is 362 g/mol. The summed E-state index contributed by atoms with van der Waals surface area (Å²) < 4.78 is 0. The maximum Gasteiger partial charge on any atom is 0.255 e. The Morgan fingerprint density at radius 1 is 1.19 bits per heavy atom. The van der Waals surface area contributed by atoms with E-state index in [9.17, 15) is 14.7 Å². The van der Waals surface area contributed by atoms with Crippen LogP contribution in [0.1, 0.15) is 18.5 Å². The highest BCUT2D eigenvalue weighted by atomic mass is 32.2. The maximum absolute atomic E-state index is 13.1. The van der Waals surface area contributed by atoms with Crippen LogP contribution in [0.25, 0.3) is 0 Å². The highest BCUT2D eigenvalue weighted by molar-refractivity contribution is 8.15. The normalized spacial score (nSPS) is 19.0. The number of amides is 2. The van der Waals surface area contributed by atoms with Crippen molar-refractivity contribution in [2.24, 2.45) is 4.99 Å². The van der Waals surface area contributed by atoms with Gasteiger partial charge in [0.05, 0.1) is 23.1 Å². The number of carbonyl (C=O) groups excluding carboxylic acids is 2. The van der Waals surface area contributed by atoms with Crippen LogP contribution in [-0.4, -0.2) is 32.7 Å². The van der Waals surface area contributed by atoms with Crippen molar-refractivity contribution in [1.82, 2.24) is 4.90 Å². The first-order valence-electron chi connectivity index (χ1n) is 8.44. The topological polar surface area (TPSA) is 82.0 Å². The van der Waals surface area contributed by atoms with Gasteiger partial charge < -0.3 is 10.4 Å². The fourth-order valence-electron chi connectivity index (χ4n) is 3.22. The summed E-state index contributed by atoms with van der Waals surface area (Å²) in [5.74, 6) is 0.0362. The van der Waals surface area contributed by atoms with Crippen molar-refractivity contribution in [2.45, 2.75) is 13.0 Å². The molecule has 7 heteroatoms. The number of aliphatic imine (C=N–C) groups is 1. The molecule has 136 valence electrons. The molecule has 0 aliphatic carbocycles. The molecule has 0 bridgehead atoms. The molecule has 2 aliphatic rings. The van der Waals surface area contributed by atoms with Crippen LogP contribution in [0, 0.1) is 0 Å². The molecule has 2 N–H and O–H groups in total. The molecule has 4 rings (SSSR count). The molecule has 0 aromatic heterocycles. The van der Waals surface area contributed by atoms with E-state index in [0.29, 0.717) is 27.9 Å².